The van der Waals surface area contributed by atoms with Crippen LogP contribution in [0.1, 0.15) is 35.8 Å². The third-order valence-electron chi connectivity index (χ3n) is 2.96. The molecule has 0 aliphatic heterocycles. The summed E-state index contributed by atoms with van der Waals surface area (Å²) in [6.45, 7) is 3.17. The number of hydrogen-bond acceptors (Lipinski definition) is 4. The number of phenols is 1. The number of hydrogen-bond donors (Lipinski definition) is 4. The standard InChI is InChI=1S/C12H16BrNO4/c1-12(2,5-15)10(14)8-6(11(17)18)3-4-7(13)9(8)16/h3-4,10,15-16H,5,14H2,1-2H3,(H,17,18)/t10-/m0/s1. The summed E-state index contributed by atoms with van der Waals surface area (Å²) in [5.74, 6) is -1.37. The van der Waals surface area contributed by atoms with E-state index in [1.54, 1.807) is 13.8 Å². The maximum atomic E-state index is 11.2. The van der Waals surface area contributed by atoms with Crippen LogP contribution < -0.4 is 5.73 Å². The number of carboxylic acids is 1. The van der Waals surface area contributed by atoms with Crippen molar-refractivity contribution in [3.8, 4) is 5.75 Å². The Morgan fingerprint density at radius 2 is 2.06 bits per heavy atom. The van der Waals surface area contributed by atoms with Crippen LogP contribution in [-0.2, 0) is 0 Å². The molecule has 0 saturated carbocycles. The van der Waals surface area contributed by atoms with Crippen LogP contribution in [0.5, 0.6) is 5.75 Å². The predicted octanol–water partition coefficient (Wildman–Crippen LogP) is 1.87. The molecule has 0 aromatic heterocycles. The van der Waals surface area contributed by atoms with E-state index in [1.807, 2.05) is 0 Å². The third kappa shape index (κ3) is 2.66. The van der Waals surface area contributed by atoms with Gasteiger partial charge in [0, 0.05) is 23.6 Å². The number of aliphatic hydroxyl groups is 1. The topological polar surface area (TPSA) is 104 Å². The lowest BCUT2D eigenvalue weighted by Crippen LogP contribution is -2.33. The lowest BCUT2D eigenvalue weighted by molar-refractivity contribution is 0.0690. The zero-order valence-electron chi connectivity index (χ0n) is 10.1. The van der Waals surface area contributed by atoms with Crippen molar-refractivity contribution in [3.63, 3.8) is 0 Å². The van der Waals surface area contributed by atoms with Crippen LogP contribution >= 0.6 is 15.9 Å². The summed E-state index contributed by atoms with van der Waals surface area (Å²) in [5.41, 5.74) is 5.30. The molecule has 0 heterocycles. The molecular formula is C12H16BrNO4. The van der Waals surface area contributed by atoms with Crippen molar-refractivity contribution < 1.29 is 20.1 Å². The first-order chi connectivity index (χ1) is 8.22. The van der Waals surface area contributed by atoms with Crippen LogP contribution in [0.3, 0.4) is 0 Å². The van der Waals surface area contributed by atoms with Crippen molar-refractivity contribution in [2.24, 2.45) is 11.1 Å². The SMILES string of the molecule is CC(C)(CO)[C@@H](N)c1c(C(=O)O)ccc(Br)c1O. The maximum absolute atomic E-state index is 11.2. The molecule has 1 aromatic rings. The Hall–Kier alpha value is -1.11. The minimum absolute atomic E-state index is 0.0651. The van der Waals surface area contributed by atoms with Crippen molar-refractivity contribution in [1.29, 1.82) is 0 Å². The van der Waals surface area contributed by atoms with Gasteiger partial charge in [0.1, 0.15) is 5.75 Å². The van der Waals surface area contributed by atoms with E-state index in [0.29, 0.717) is 4.47 Å². The maximum Gasteiger partial charge on any atom is 0.336 e. The molecule has 6 heteroatoms. The molecule has 0 aliphatic carbocycles. The Balaban J connectivity index is 3.46. The molecular weight excluding hydrogens is 302 g/mol. The second kappa shape index (κ2) is 5.26. The van der Waals surface area contributed by atoms with Gasteiger partial charge in [-0.1, -0.05) is 13.8 Å². The highest BCUT2D eigenvalue weighted by molar-refractivity contribution is 9.10. The van der Waals surface area contributed by atoms with Crippen LogP contribution in [0, 0.1) is 5.41 Å². The van der Waals surface area contributed by atoms with Crippen molar-refractivity contribution >= 4 is 21.9 Å². The van der Waals surface area contributed by atoms with Crippen LogP contribution in [0.25, 0.3) is 0 Å². The monoisotopic (exact) mass is 317 g/mol. The van der Waals surface area contributed by atoms with Gasteiger partial charge in [0.2, 0.25) is 0 Å². The molecule has 1 aromatic carbocycles. The quantitative estimate of drug-likeness (QED) is 0.678. The van der Waals surface area contributed by atoms with Gasteiger partial charge in [0.15, 0.2) is 0 Å². The van der Waals surface area contributed by atoms with Crippen molar-refractivity contribution in [2.45, 2.75) is 19.9 Å². The van der Waals surface area contributed by atoms with Crippen LogP contribution in [-0.4, -0.2) is 27.9 Å². The lowest BCUT2D eigenvalue weighted by atomic mass is 9.80. The van der Waals surface area contributed by atoms with E-state index in [-0.39, 0.29) is 23.5 Å². The highest BCUT2D eigenvalue weighted by Gasteiger charge is 2.32. The molecule has 1 atom stereocenters. The minimum atomic E-state index is -1.17. The zero-order chi connectivity index (χ0) is 14.1. The molecule has 0 fully saturated rings. The fraction of sp³-hybridized carbons (Fsp3) is 0.417. The average molecular weight is 318 g/mol. The van der Waals surface area contributed by atoms with Crippen molar-refractivity contribution in [2.75, 3.05) is 6.61 Å². The highest BCUT2D eigenvalue weighted by atomic mass is 79.9. The van der Waals surface area contributed by atoms with Gasteiger partial charge in [-0.2, -0.15) is 0 Å². The van der Waals surface area contributed by atoms with Crippen LogP contribution in [0.15, 0.2) is 16.6 Å². The van der Waals surface area contributed by atoms with Gasteiger partial charge in [0.05, 0.1) is 10.0 Å². The predicted molar refractivity (Wildman–Crippen MR) is 70.6 cm³/mol. The van der Waals surface area contributed by atoms with Crippen LogP contribution in [0.2, 0.25) is 0 Å². The number of nitrogens with two attached hydrogens (primary N) is 1. The first kappa shape index (κ1) is 14.9. The Bertz CT molecular complexity index is 473. The first-order valence-electron chi connectivity index (χ1n) is 5.33. The molecule has 0 amide bonds. The first-order valence-corrected chi connectivity index (χ1v) is 6.12. The van der Waals surface area contributed by atoms with E-state index in [1.165, 1.54) is 12.1 Å². The number of aliphatic hydroxyl groups excluding tert-OH is 1. The largest absolute Gasteiger partial charge is 0.506 e. The van der Waals surface area contributed by atoms with E-state index in [2.05, 4.69) is 15.9 Å². The third-order valence-corrected chi connectivity index (χ3v) is 3.60. The van der Waals surface area contributed by atoms with Gasteiger partial charge < -0.3 is 21.1 Å². The molecule has 0 unspecified atom stereocenters. The van der Waals surface area contributed by atoms with Crippen molar-refractivity contribution in [1.82, 2.24) is 0 Å². The smallest absolute Gasteiger partial charge is 0.336 e. The van der Waals surface area contributed by atoms with E-state index in [9.17, 15) is 15.0 Å². The average Bonchev–Trinajstić information content (AvgIpc) is 2.31. The van der Waals surface area contributed by atoms with Crippen LogP contribution in [0.4, 0.5) is 0 Å². The molecule has 0 spiro atoms. The summed E-state index contributed by atoms with van der Waals surface area (Å²) in [6.07, 6.45) is 0. The Kier molecular flexibility index (Phi) is 4.37. The summed E-state index contributed by atoms with van der Waals surface area (Å²) >= 11 is 3.13. The fourth-order valence-electron chi connectivity index (χ4n) is 1.57. The molecule has 0 radical (unpaired) electrons. The zero-order valence-corrected chi connectivity index (χ0v) is 11.7. The van der Waals surface area contributed by atoms with E-state index < -0.39 is 17.4 Å². The molecule has 18 heavy (non-hydrogen) atoms. The molecule has 0 saturated heterocycles. The molecule has 100 valence electrons. The Morgan fingerprint density at radius 3 is 2.50 bits per heavy atom. The Labute approximate surface area is 113 Å². The van der Waals surface area contributed by atoms with E-state index in [4.69, 9.17) is 10.8 Å². The second-order valence-electron chi connectivity index (χ2n) is 4.79. The van der Waals surface area contributed by atoms with Gasteiger partial charge in [-0.15, -0.1) is 0 Å². The molecule has 5 N–H and O–H groups in total. The number of aromatic hydroxyl groups is 1. The normalized spacial score (nSPS) is 13.4. The number of rotatable bonds is 4. The summed E-state index contributed by atoms with van der Waals surface area (Å²) in [6, 6.07) is 2.02. The number of benzene rings is 1. The number of halogens is 1. The summed E-state index contributed by atoms with van der Waals surface area (Å²) < 4.78 is 0.367. The van der Waals surface area contributed by atoms with Gasteiger partial charge in [-0.25, -0.2) is 4.79 Å². The van der Waals surface area contributed by atoms with Gasteiger partial charge >= 0.3 is 5.97 Å². The highest BCUT2D eigenvalue weighted by Crippen LogP contribution is 2.40. The summed E-state index contributed by atoms with van der Waals surface area (Å²) in [7, 11) is 0. The fourth-order valence-corrected chi connectivity index (χ4v) is 1.92. The van der Waals surface area contributed by atoms with Crippen molar-refractivity contribution in [3.05, 3.63) is 27.7 Å². The minimum Gasteiger partial charge on any atom is -0.506 e. The Morgan fingerprint density at radius 1 is 1.50 bits per heavy atom. The van der Waals surface area contributed by atoms with Gasteiger partial charge in [-0.3, -0.25) is 0 Å². The lowest BCUT2D eigenvalue weighted by Gasteiger charge is -2.31. The van der Waals surface area contributed by atoms with E-state index in [0.717, 1.165) is 0 Å². The van der Waals surface area contributed by atoms with E-state index >= 15 is 0 Å². The molecule has 5 nitrogen and oxygen atoms in total. The van der Waals surface area contributed by atoms with Gasteiger partial charge in [0.25, 0.3) is 0 Å². The van der Waals surface area contributed by atoms with Gasteiger partial charge in [-0.05, 0) is 28.1 Å². The number of aromatic carboxylic acids is 1. The molecule has 0 bridgehead atoms. The summed E-state index contributed by atoms with van der Waals surface area (Å²) in [4.78, 5) is 11.2. The number of carboxylic acid groups (broad SMARTS) is 1. The number of carbonyl (C=O) groups is 1. The molecule has 1 rings (SSSR count). The molecule has 0 aliphatic rings. The summed E-state index contributed by atoms with van der Waals surface area (Å²) in [5, 5.41) is 28.4. The second-order valence-corrected chi connectivity index (χ2v) is 5.64. The number of phenolic OH excluding ortho intramolecular Hbond substituents is 1.